The predicted molar refractivity (Wildman–Crippen MR) is 63.9 cm³/mol. The van der Waals surface area contributed by atoms with E-state index >= 15 is 0 Å². The second kappa shape index (κ2) is 5.68. The second-order valence-corrected chi connectivity index (χ2v) is 4.35. The SMILES string of the molecule is O=C(NC1CCC(O)CC1)Oc1ccccc1. The topological polar surface area (TPSA) is 58.6 Å². The van der Waals surface area contributed by atoms with Crippen LogP contribution < -0.4 is 10.1 Å². The van der Waals surface area contributed by atoms with E-state index in [1.807, 2.05) is 18.2 Å². The van der Waals surface area contributed by atoms with Crippen molar-refractivity contribution in [3.63, 3.8) is 0 Å². The van der Waals surface area contributed by atoms with E-state index < -0.39 is 6.09 Å². The van der Waals surface area contributed by atoms with Gasteiger partial charge in [-0.15, -0.1) is 0 Å². The maximum atomic E-state index is 11.6. The molecule has 0 spiro atoms. The summed E-state index contributed by atoms with van der Waals surface area (Å²) in [7, 11) is 0. The normalized spacial score (nSPS) is 24.1. The molecular formula is C13H17NO3. The molecule has 0 heterocycles. The number of amides is 1. The first-order chi connectivity index (χ1) is 8.24. The van der Waals surface area contributed by atoms with Gasteiger partial charge in [0.15, 0.2) is 0 Å². The number of hydrogen-bond donors (Lipinski definition) is 2. The van der Waals surface area contributed by atoms with Crippen LogP contribution in [0.25, 0.3) is 0 Å². The molecule has 1 fully saturated rings. The average Bonchev–Trinajstić information content (AvgIpc) is 2.33. The molecule has 1 saturated carbocycles. The van der Waals surface area contributed by atoms with Crippen LogP contribution in [0.15, 0.2) is 30.3 Å². The van der Waals surface area contributed by atoms with Crippen LogP contribution >= 0.6 is 0 Å². The van der Waals surface area contributed by atoms with Crippen molar-refractivity contribution in [1.82, 2.24) is 5.32 Å². The summed E-state index contributed by atoms with van der Waals surface area (Å²) in [5.41, 5.74) is 0. The Kier molecular flexibility index (Phi) is 3.98. The van der Waals surface area contributed by atoms with E-state index in [0.717, 1.165) is 25.7 Å². The smallest absolute Gasteiger partial charge is 0.410 e. The van der Waals surface area contributed by atoms with Crippen molar-refractivity contribution < 1.29 is 14.6 Å². The van der Waals surface area contributed by atoms with E-state index in [0.29, 0.717) is 5.75 Å². The van der Waals surface area contributed by atoms with Crippen LogP contribution in [0.5, 0.6) is 5.75 Å². The van der Waals surface area contributed by atoms with Gasteiger partial charge in [-0.2, -0.15) is 0 Å². The summed E-state index contributed by atoms with van der Waals surface area (Å²) in [5.74, 6) is 0.542. The van der Waals surface area contributed by atoms with Crippen molar-refractivity contribution >= 4 is 6.09 Å². The van der Waals surface area contributed by atoms with Crippen LogP contribution in [0.4, 0.5) is 4.79 Å². The molecule has 0 saturated heterocycles. The molecule has 0 unspecified atom stereocenters. The van der Waals surface area contributed by atoms with Gasteiger partial charge in [0.05, 0.1) is 6.10 Å². The quantitative estimate of drug-likeness (QED) is 0.825. The molecule has 92 valence electrons. The van der Waals surface area contributed by atoms with Gasteiger partial charge < -0.3 is 15.2 Å². The fraction of sp³-hybridized carbons (Fsp3) is 0.462. The highest BCUT2D eigenvalue weighted by Gasteiger charge is 2.21. The minimum absolute atomic E-state index is 0.120. The third-order valence-electron chi connectivity index (χ3n) is 2.97. The number of para-hydroxylation sites is 1. The number of benzene rings is 1. The highest BCUT2D eigenvalue weighted by molar-refractivity contribution is 5.70. The van der Waals surface area contributed by atoms with E-state index in [1.165, 1.54) is 0 Å². The summed E-state index contributed by atoms with van der Waals surface area (Å²) in [6.45, 7) is 0. The summed E-state index contributed by atoms with van der Waals surface area (Å²) < 4.78 is 5.13. The van der Waals surface area contributed by atoms with Crippen molar-refractivity contribution in [3.8, 4) is 5.75 Å². The lowest BCUT2D eigenvalue weighted by molar-refractivity contribution is 0.115. The molecule has 0 radical (unpaired) electrons. The predicted octanol–water partition coefficient (Wildman–Crippen LogP) is 2.08. The highest BCUT2D eigenvalue weighted by atomic mass is 16.6. The Bertz CT molecular complexity index is 358. The maximum absolute atomic E-state index is 11.6. The summed E-state index contributed by atoms with van der Waals surface area (Å²) in [4.78, 5) is 11.6. The van der Waals surface area contributed by atoms with Crippen LogP contribution in [0, 0.1) is 0 Å². The van der Waals surface area contributed by atoms with Gasteiger partial charge in [0.25, 0.3) is 0 Å². The van der Waals surface area contributed by atoms with Crippen molar-refractivity contribution in [2.45, 2.75) is 37.8 Å². The summed E-state index contributed by atoms with van der Waals surface area (Å²) in [6, 6.07) is 9.11. The van der Waals surface area contributed by atoms with Crippen LogP contribution in [0.2, 0.25) is 0 Å². The van der Waals surface area contributed by atoms with Gasteiger partial charge in [-0.05, 0) is 37.8 Å². The fourth-order valence-corrected chi connectivity index (χ4v) is 2.01. The summed E-state index contributed by atoms with van der Waals surface area (Å²) in [6.07, 6.45) is 2.48. The van der Waals surface area contributed by atoms with Crippen LogP contribution in [0.1, 0.15) is 25.7 Å². The third kappa shape index (κ3) is 3.75. The zero-order chi connectivity index (χ0) is 12.1. The molecule has 17 heavy (non-hydrogen) atoms. The second-order valence-electron chi connectivity index (χ2n) is 4.35. The maximum Gasteiger partial charge on any atom is 0.412 e. The van der Waals surface area contributed by atoms with Gasteiger partial charge in [-0.1, -0.05) is 18.2 Å². The van der Waals surface area contributed by atoms with E-state index in [2.05, 4.69) is 5.32 Å². The van der Waals surface area contributed by atoms with Gasteiger partial charge in [0.1, 0.15) is 5.75 Å². The molecule has 0 bridgehead atoms. The minimum atomic E-state index is -0.419. The van der Waals surface area contributed by atoms with Gasteiger partial charge in [0, 0.05) is 6.04 Å². The first-order valence-electron chi connectivity index (χ1n) is 5.95. The molecule has 2 rings (SSSR count). The lowest BCUT2D eigenvalue weighted by atomic mass is 9.93. The Balaban J connectivity index is 1.78. The Morgan fingerprint density at radius 1 is 1.18 bits per heavy atom. The number of ether oxygens (including phenoxy) is 1. The number of hydrogen-bond acceptors (Lipinski definition) is 3. The van der Waals surface area contributed by atoms with E-state index in [9.17, 15) is 9.90 Å². The molecule has 1 aromatic carbocycles. The van der Waals surface area contributed by atoms with E-state index in [1.54, 1.807) is 12.1 Å². The van der Waals surface area contributed by atoms with E-state index in [-0.39, 0.29) is 12.1 Å². The molecule has 1 amide bonds. The molecule has 1 aliphatic carbocycles. The molecule has 0 aromatic heterocycles. The average molecular weight is 235 g/mol. The molecule has 4 nitrogen and oxygen atoms in total. The molecule has 0 aliphatic heterocycles. The molecule has 4 heteroatoms. The monoisotopic (exact) mass is 235 g/mol. The Hall–Kier alpha value is -1.55. The highest BCUT2D eigenvalue weighted by Crippen LogP contribution is 2.18. The zero-order valence-electron chi connectivity index (χ0n) is 9.63. The molecule has 1 aromatic rings. The Labute approximate surface area is 101 Å². The number of carbonyl (C=O) groups is 1. The lowest BCUT2D eigenvalue weighted by Gasteiger charge is -2.25. The fourth-order valence-electron chi connectivity index (χ4n) is 2.01. The van der Waals surface area contributed by atoms with Crippen molar-refractivity contribution in [1.29, 1.82) is 0 Å². The Morgan fingerprint density at radius 2 is 1.82 bits per heavy atom. The van der Waals surface area contributed by atoms with Crippen LogP contribution in [-0.2, 0) is 0 Å². The van der Waals surface area contributed by atoms with E-state index in [4.69, 9.17) is 4.74 Å². The molecule has 0 atom stereocenters. The largest absolute Gasteiger partial charge is 0.412 e. The van der Waals surface area contributed by atoms with Crippen molar-refractivity contribution in [3.05, 3.63) is 30.3 Å². The minimum Gasteiger partial charge on any atom is -0.410 e. The molecular weight excluding hydrogens is 218 g/mol. The van der Waals surface area contributed by atoms with Crippen LogP contribution in [0.3, 0.4) is 0 Å². The Morgan fingerprint density at radius 3 is 2.47 bits per heavy atom. The first-order valence-corrected chi connectivity index (χ1v) is 5.95. The molecule has 1 aliphatic rings. The summed E-state index contributed by atoms with van der Waals surface area (Å²) in [5, 5.41) is 12.2. The number of carbonyl (C=O) groups excluding carboxylic acids is 1. The first kappa shape index (κ1) is 11.9. The summed E-state index contributed by atoms with van der Waals surface area (Å²) >= 11 is 0. The van der Waals surface area contributed by atoms with Crippen molar-refractivity contribution in [2.75, 3.05) is 0 Å². The number of aliphatic hydroxyl groups is 1. The van der Waals surface area contributed by atoms with Gasteiger partial charge in [0.2, 0.25) is 0 Å². The van der Waals surface area contributed by atoms with Gasteiger partial charge in [-0.25, -0.2) is 4.79 Å². The lowest BCUT2D eigenvalue weighted by Crippen LogP contribution is -2.40. The number of aliphatic hydroxyl groups excluding tert-OH is 1. The van der Waals surface area contributed by atoms with Crippen molar-refractivity contribution in [2.24, 2.45) is 0 Å². The van der Waals surface area contributed by atoms with Gasteiger partial charge in [-0.3, -0.25) is 0 Å². The molecule has 2 N–H and O–H groups in total. The van der Waals surface area contributed by atoms with Gasteiger partial charge >= 0.3 is 6.09 Å². The van der Waals surface area contributed by atoms with Crippen LogP contribution in [-0.4, -0.2) is 23.3 Å². The standard InChI is InChI=1S/C13H17NO3/c15-11-8-6-10(7-9-11)14-13(16)17-12-4-2-1-3-5-12/h1-5,10-11,15H,6-9H2,(H,14,16). The number of nitrogens with one attached hydrogen (secondary N) is 1. The third-order valence-corrected chi connectivity index (χ3v) is 2.97. The zero-order valence-corrected chi connectivity index (χ0v) is 9.63. The number of rotatable bonds is 2.